The third-order valence-electron chi connectivity index (χ3n) is 4.32. The fraction of sp³-hybridized carbons (Fsp3) is 0.533. The van der Waals surface area contributed by atoms with Crippen LogP contribution in [0.5, 0.6) is 0 Å². The Morgan fingerprint density at radius 2 is 2.33 bits per heavy atom. The van der Waals surface area contributed by atoms with E-state index in [1.807, 2.05) is 13.1 Å². The molecule has 1 aliphatic rings. The molecule has 1 aromatic carbocycles. The van der Waals surface area contributed by atoms with Gasteiger partial charge in [-0.3, -0.25) is 4.90 Å². The second-order valence-electron chi connectivity index (χ2n) is 5.73. The normalized spacial score (nSPS) is 20.8. The van der Waals surface area contributed by atoms with E-state index in [0.717, 1.165) is 24.7 Å². The smallest absolute Gasteiger partial charge is 0.143 e. The maximum absolute atomic E-state index is 3.95. The van der Waals surface area contributed by atoms with Crippen LogP contribution >= 0.6 is 0 Å². The summed E-state index contributed by atoms with van der Waals surface area (Å²) in [5, 5.41) is 14.6. The Balaban J connectivity index is 1.73. The summed E-state index contributed by atoms with van der Waals surface area (Å²) in [4.78, 5) is 2.56. The average Bonchev–Trinajstić information content (AvgIpc) is 3.18. The molecular formula is C15H22N6. The number of hydrogen-bond acceptors (Lipinski definition) is 5. The van der Waals surface area contributed by atoms with Crippen LogP contribution in [0.15, 0.2) is 30.6 Å². The first kappa shape index (κ1) is 14.2. The number of aromatic nitrogens is 4. The topological polar surface area (TPSA) is 58.9 Å². The Kier molecular flexibility index (Phi) is 4.26. The lowest BCUT2D eigenvalue weighted by Crippen LogP contribution is -2.27. The summed E-state index contributed by atoms with van der Waals surface area (Å²) >= 11 is 0. The SMILES string of the molecule is CNCC1CCN(C(C)c2cccc(-n3cnnn3)c2)C1. The lowest BCUT2D eigenvalue weighted by molar-refractivity contribution is 0.252. The van der Waals surface area contributed by atoms with Crippen LogP contribution in [0.1, 0.15) is 24.9 Å². The van der Waals surface area contributed by atoms with Crippen LogP contribution in [0, 0.1) is 5.92 Å². The van der Waals surface area contributed by atoms with Crippen LogP contribution in [0.3, 0.4) is 0 Å². The zero-order chi connectivity index (χ0) is 14.7. The molecule has 1 fully saturated rings. The highest BCUT2D eigenvalue weighted by atomic mass is 15.5. The molecule has 0 radical (unpaired) electrons. The van der Waals surface area contributed by atoms with Gasteiger partial charge in [0.25, 0.3) is 0 Å². The van der Waals surface area contributed by atoms with E-state index in [1.54, 1.807) is 11.0 Å². The number of nitrogens with zero attached hydrogens (tertiary/aromatic N) is 5. The molecule has 0 aliphatic carbocycles. The molecular weight excluding hydrogens is 264 g/mol. The molecule has 1 aromatic heterocycles. The summed E-state index contributed by atoms with van der Waals surface area (Å²) in [6.07, 6.45) is 2.90. The molecule has 0 spiro atoms. The van der Waals surface area contributed by atoms with E-state index in [0.29, 0.717) is 6.04 Å². The fourth-order valence-corrected chi connectivity index (χ4v) is 3.09. The predicted octanol–water partition coefficient (Wildman–Crippen LogP) is 1.26. The zero-order valence-corrected chi connectivity index (χ0v) is 12.6. The molecule has 1 N–H and O–H groups in total. The Labute approximate surface area is 125 Å². The second kappa shape index (κ2) is 6.32. The van der Waals surface area contributed by atoms with Crippen molar-refractivity contribution in [2.75, 3.05) is 26.7 Å². The van der Waals surface area contributed by atoms with Crippen molar-refractivity contribution in [3.05, 3.63) is 36.2 Å². The predicted molar refractivity (Wildman–Crippen MR) is 81.2 cm³/mol. The lowest BCUT2D eigenvalue weighted by atomic mass is 10.1. The molecule has 2 heterocycles. The average molecular weight is 286 g/mol. The number of hydrogen-bond donors (Lipinski definition) is 1. The van der Waals surface area contributed by atoms with E-state index >= 15 is 0 Å². The minimum Gasteiger partial charge on any atom is -0.319 e. The standard InChI is InChI=1S/C15H22N6/c1-12(20-7-6-13(10-20)9-16-2)14-4-3-5-15(8-14)21-11-17-18-19-21/h3-5,8,11-13,16H,6-7,9-10H2,1-2H3. The van der Waals surface area contributed by atoms with Gasteiger partial charge in [0.15, 0.2) is 0 Å². The lowest BCUT2D eigenvalue weighted by Gasteiger charge is -2.25. The summed E-state index contributed by atoms with van der Waals surface area (Å²) in [6, 6.07) is 8.88. The Morgan fingerprint density at radius 1 is 1.43 bits per heavy atom. The van der Waals surface area contributed by atoms with Crippen molar-refractivity contribution >= 4 is 0 Å². The molecule has 21 heavy (non-hydrogen) atoms. The van der Waals surface area contributed by atoms with E-state index in [1.165, 1.54) is 18.5 Å². The van der Waals surface area contributed by atoms with Crippen LogP contribution in [0.4, 0.5) is 0 Å². The van der Waals surface area contributed by atoms with Gasteiger partial charge in [-0.05, 0) is 67.5 Å². The van der Waals surface area contributed by atoms with Gasteiger partial charge in [0.1, 0.15) is 6.33 Å². The molecule has 0 amide bonds. The molecule has 112 valence electrons. The second-order valence-corrected chi connectivity index (χ2v) is 5.73. The maximum atomic E-state index is 3.95. The van der Waals surface area contributed by atoms with Gasteiger partial charge in [-0.1, -0.05) is 12.1 Å². The minimum atomic E-state index is 0.420. The third kappa shape index (κ3) is 3.11. The fourth-order valence-electron chi connectivity index (χ4n) is 3.09. The van der Waals surface area contributed by atoms with Crippen LogP contribution in [0.2, 0.25) is 0 Å². The van der Waals surface area contributed by atoms with Crippen LogP contribution < -0.4 is 5.32 Å². The quantitative estimate of drug-likeness (QED) is 0.897. The molecule has 6 nitrogen and oxygen atoms in total. The van der Waals surface area contributed by atoms with Crippen molar-refractivity contribution in [2.45, 2.75) is 19.4 Å². The summed E-state index contributed by atoms with van der Waals surface area (Å²) in [5.41, 5.74) is 2.32. The zero-order valence-electron chi connectivity index (χ0n) is 12.6. The first-order valence-corrected chi connectivity index (χ1v) is 7.50. The van der Waals surface area contributed by atoms with Crippen LogP contribution in [-0.4, -0.2) is 51.8 Å². The molecule has 1 saturated heterocycles. The molecule has 3 rings (SSSR count). The number of nitrogens with one attached hydrogen (secondary N) is 1. The highest BCUT2D eigenvalue weighted by molar-refractivity contribution is 5.35. The Hall–Kier alpha value is -1.79. The first-order valence-electron chi connectivity index (χ1n) is 7.50. The minimum absolute atomic E-state index is 0.420. The molecule has 0 saturated carbocycles. The summed E-state index contributed by atoms with van der Waals surface area (Å²) < 4.78 is 1.70. The van der Waals surface area contributed by atoms with Crippen molar-refractivity contribution in [2.24, 2.45) is 5.92 Å². The van der Waals surface area contributed by atoms with Gasteiger partial charge in [0.2, 0.25) is 0 Å². The Bertz CT molecular complexity index is 567. The number of benzene rings is 1. The highest BCUT2D eigenvalue weighted by Crippen LogP contribution is 2.28. The number of rotatable bonds is 5. The number of tetrazole rings is 1. The van der Waals surface area contributed by atoms with Gasteiger partial charge in [0, 0.05) is 12.6 Å². The Morgan fingerprint density at radius 3 is 3.10 bits per heavy atom. The van der Waals surface area contributed by atoms with Gasteiger partial charge in [0.05, 0.1) is 5.69 Å². The van der Waals surface area contributed by atoms with Gasteiger partial charge in [-0.2, -0.15) is 0 Å². The van der Waals surface area contributed by atoms with Crippen molar-refractivity contribution in [1.82, 2.24) is 30.4 Å². The first-order chi connectivity index (χ1) is 10.3. The third-order valence-corrected chi connectivity index (χ3v) is 4.32. The van der Waals surface area contributed by atoms with Crippen LogP contribution in [-0.2, 0) is 0 Å². The molecule has 1 aliphatic heterocycles. The van der Waals surface area contributed by atoms with Crippen molar-refractivity contribution in [1.29, 1.82) is 0 Å². The monoisotopic (exact) mass is 286 g/mol. The molecule has 2 aromatic rings. The molecule has 2 atom stereocenters. The summed E-state index contributed by atoms with van der Waals surface area (Å²) in [5.74, 6) is 0.764. The van der Waals surface area contributed by atoms with Crippen molar-refractivity contribution < 1.29 is 0 Å². The highest BCUT2D eigenvalue weighted by Gasteiger charge is 2.26. The summed E-state index contributed by atoms with van der Waals surface area (Å²) in [7, 11) is 2.03. The van der Waals surface area contributed by atoms with Gasteiger partial charge in [-0.15, -0.1) is 5.10 Å². The molecule has 6 heteroatoms. The molecule has 0 bridgehead atoms. The van der Waals surface area contributed by atoms with E-state index in [-0.39, 0.29) is 0 Å². The van der Waals surface area contributed by atoms with Crippen LogP contribution in [0.25, 0.3) is 5.69 Å². The van der Waals surface area contributed by atoms with Crippen molar-refractivity contribution in [3.63, 3.8) is 0 Å². The van der Waals surface area contributed by atoms with Gasteiger partial charge in [-0.25, -0.2) is 4.68 Å². The summed E-state index contributed by atoms with van der Waals surface area (Å²) in [6.45, 7) is 5.72. The van der Waals surface area contributed by atoms with E-state index in [2.05, 4.69) is 50.9 Å². The van der Waals surface area contributed by atoms with Gasteiger partial charge >= 0.3 is 0 Å². The van der Waals surface area contributed by atoms with E-state index < -0.39 is 0 Å². The maximum Gasteiger partial charge on any atom is 0.143 e. The van der Waals surface area contributed by atoms with Crippen molar-refractivity contribution in [3.8, 4) is 5.69 Å². The number of likely N-dealkylation sites (tertiary alicyclic amines) is 1. The van der Waals surface area contributed by atoms with Gasteiger partial charge < -0.3 is 5.32 Å². The largest absolute Gasteiger partial charge is 0.319 e. The van der Waals surface area contributed by atoms with E-state index in [9.17, 15) is 0 Å². The molecule has 2 unspecified atom stereocenters. The van der Waals surface area contributed by atoms with E-state index in [4.69, 9.17) is 0 Å².